The molecule has 0 aliphatic heterocycles. The number of benzene rings is 2. The maximum atomic E-state index is 13.0. The van der Waals surface area contributed by atoms with Crippen LogP contribution in [0.1, 0.15) is 21.5 Å². The van der Waals surface area contributed by atoms with E-state index in [1.807, 2.05) is 0 Å². The summed E-state index contributed by atoms with van der Waals surface area (Å²) in [4.78, 5) is 12.2. The zero-order chi connectivity index (χ0) is 17.0. The van der Waals surface area contributed by atoms with Crippen molar-refractivity contribution in [2.45, 2.75) is 6.18 Å². The summed E-state index contributed by atoms with van der Waals surface area (Å²) in [5, 5.41) is 9.53. The molecule has 0 heterocycles. The molecule has 2 rings (SSSR count). The predicted octanol–water partition coefficient (Wildman–Crippen LogP) is 5.15. The van der Waals surface area contributed by atoms with Crippen molar-refractivity contribution in [1.29, 1.82) is 5.26 Å². The molecule has 0 unspecified atom stereocenters. The Kier molecular flexibility index (Phi) is 4.87. The highest BCUT2D eigenvalue weighted by Crippen LogP contribution is 2.33. The second-order valence-electron chi connectivity index (χ2n) is 4.59. The normalized spacial score (nSPS) is 11.9. The second kappa shape index (κ2) is 6.67. The standard InChI is InChI=1S/C17H9ClF3NO/c18-14-7-5-11(6-8-14)16(23)13(10-22)9-12-3-1-2-4-15(12)17(19,20)21/h1-9H/b13-9+. The van der Waals surface area contributed by atoms with Gasteiger partial charge in [-0.05, 0) is 42.0 Å². The lowest BCUT2D eigenvalue weighted by molar-refractivity contribution is -0.137. The van der Waals surface area contributed by atoms with Crippen LogP contribution in [0.3, 0.4) is 0 Å². The molecule has 6 heteroatoms. The van der Waals surface area contributed by atoms with Crippen LogP contribution in [0.5, 0.6) is 0 Å². The van der Waals surface area contributed by atoms with Crippen LogP contribution in [0.4, 0.5) is 13.2 Å². The number of hydrogen-bond donors (Lipinski definition) is 0. The first-order valence-electron chi connectivity index (χ1n) is 6.41. The number of allylic oxidation sites excluding steroid dienone is 1. The lowest BCUT2D eigenvalue weighted by atomic mass is 9.99. The monoisotopic (exact) mass is 335 g/mol. The predicted molar refractivity (Wildman–Crippen MR) is 80.8 cm³/mol. The van der Waals surface area contributed by atoms with Gasteiger partial charge < -0.3 is 0 Å². The molecule has 0 aromatic heterocycles. The summed E-state index contributed by atoms with van der Waals surface area (Å²) in [6, 6.07) is 12.2. The van der Waals surface area contributed by atoms with E-state index in [-0.39, 0.29) is 16.7 Å². The Morgan fingerprint density at radius 2 is 1.70 bits per heavy atom. The fourth-order valence-electron chi connectivity index (χ4n) is 1.94. The van der Waals surface area contributed by atoms with Crippen molar-refractivity contribution in [3.05, 3.63) is 75.8 Å². The Morgan fingerprint density at radius 3 is 2.26 bits per heavy atom. The molecule has 2 aromatic carbocycles. The van der Waals surface area contributed by atoms with Gasteiger partial charge in [-0.25, -0.2) is 0 Å². The fourth-order valence-corrected chi connectivity index (χ4v) is 2.07. The Labute approximate surface area is 135 Å². The molecule has 0 spiro atoms. The summed E-state index contributed by atoms with van der Waals surface area (Å²) in [5.74, 6) is -0.666. The van der Waals surface area contributed by atoms with E-state index in [4.69, 9.17) is 16.9 Å². The van der Waals surface area contributed by atoms with Crippen molar-refractivity contribution in [1.82, 2.24) is 0 Å². The smallest absolute Gasteiger partial charge is 0.288 e. The van der Waals surface area contributed by atoms with Crippen molar-refractivity contribution in [3.8, 4) is 6.07 Å². The Hall–Kier alpha value is -2.58. The van der Waals surface area contributed by atoms with E-state index in [0.717, 1.165) is 12.1 Å². The molecule has 0 aliphatic carbocycles. The lowest BCUT2D eigenvalue weighted by Crippen LogP contribution is -2.08. The molecule has 0 aliphatic rings. The molecule has 0 saturated heterocycles. The summed E-state index contributed by atoms with van der Waals surface area (Å²) in [6.07, 6.45) is -3.63. The molecule has 116 valence electrons. The number of nitriles is 1. The van der Waals surface area contributed by atoms with Crippen LogP contribution in [-0.2, 0) is 6.18 Å². The first-order chi connectivity index (χ1) is 10.8. The van der Waals surface area contributed by atoms with Crippen molar-refractivity contribution < 1.29 is 18.0 Å². The molecular formula is C17H9ClF3NO. The van der Waals surface area contributed by atoms with Gasteiger partial charge in [0, 0.05) is 10.6 Å². The zero-order valence-electron chi connectivity index (χ0n) is 11.6. The topological polar surface area (TPSA) is 40.9 Å². The number of carbonyl (C=O) groups excluding carboxylic acids is 1. The molecule has 0 atom stereocenters. The first-order valence-corrected chi connectivity index (χ1v) is 6.79. The van der Waals surface area contributed by atoms with Crippen molar-refractivity contribution in [3.63, 3.8) is 0 Å². The van der Waals surface area contributed by atoms with Crippen LogP contribution in [0, 0.1) is 11.3 Å². The number of nitrogens with zero attached hydrogens (tertiary/aromatic N) is 1. The van der Waals surface area contributed by atoms with Gasteiger partial charge in [0.1, 0.15) is 11.6 Å². The molecule has 0 saturated carbocycles. The van der Waals surface area contributed by atoms with Gasteiger partial charge in [-0.2, -0.15) is 18.4 Å². The number of ketones is 1. The van der Waals surface area contributed by atoms with Crippen LogP contribution in [0.15, 0.2) is 54.1 Å². The van der Waals surface area contributed by atoms with Crippen LogP contribution in [0.25, 0.3) is 6.08 Å². The third-order valence-electron chi connectivity index (χ3n) is 3.04. The molecule has 2 aromatic rings. The molecule has 0 radical (unpaired) electrons. The second-order valence-corrected chi connectivity index (χ2v) is 5.03. The van der Waals surface area contributed by atoms with Crippen LogP contribution < -0.4 is 0 Å². The number of hydrogen-bond acceptors (Lipinski definition) is 2. The van der Waals surface area contributed by atoms with Gasteiger partial charge >= 0.3 is 6.18 Å². The quantitative estimate of drug-likeness (QED) is 0.442. The molecule has 0 fully saturated rings. The average molecular weight is 336 g/mol. The maximum absolute atomic E-state index is 13.0. The number of halogens is 4. The van der Waals surface area contributed by atoms with Gasteiger partial charge in [-0.15, -0.1) is 0 Å². The highest BCUT2D eigenvalue weighted by molar-refractivity contribution is 6.30. The third kappa shape index (κ3) is 3.99. The van der Waals surface area contributed by atoms with Crippen LogP contribution in [0.2, 0.25) is 5.02 Å². The molecule has 0 N–H and O–H groups in total. The number of carbonyl (C=O) groups is 1. The highest BCUT2D eigenvalue weighted by Gasteiger charge is 2.32. The minimum atomic E-state index is -4.57. The van der Waals surface area contributed by atoms with Crippen LogP contribution >= 0.6 is 11.6 Å². The van der Waals surface area contributed by atoms with E-state index >= 15 is 0 Å². The third-order valence-corrected chi connectivity index (χ3v) is 3.29. The number of Topliss-reactive ketones (excluding diaryl/α,β-unsaturated/α-hetero) is 1. The van der Waals surface area contributed by atoms with Gasteiger partial charge in [0.05, 0.1) is 5.56 Å². The van der Waals surface area contributed by atoms with Crippen LogP contribution in [-0.4, -0.2) is 5.78 Å². The fraction of sp³-hybridized carbons (Fsp3) is 0.0588. The summed E-state index contributed by atoms with van der Waals surface area (Å²) < 4.78 is 38.9. The van der Waals surface area contributed by atoms with E-state index < -0.39 is 17.5 Å². The molecule has 0 amide bonds. The van der Waals surface area contributed by atoms with E-state index in [0.29, 0.717) is 5.02 Å². The van der Waals surface area contributed by atoms with Gasteiger partial charge in [0.2, 0.25) is 5.78 Å². The number of alkyl halides is 3. The van der Waals surface area contributed by atoms with E-state index in [1.165, 1.54) is 42.5 Å². The summed E-state index contributed by atoms with van der Waals surface area (Å²) in [6.45, 7) is 0. The summed E-state index contributed by atoms with van der Waals surface area (Å²) >= 11 is 5.71. The lowest BCUT2D eigenvalue weighted by Gasteiger charge is -2.10. The van der Waals surface area contributed by atoms with Crippen molar-refractivity contribution in [2.24, 2.45) is 0 Å². The zero-order valence-corrected chi connectivity index (χ0v) is 12.3. The average Bonchev–Trinajstić information content (AvgIpc) is 2.52. The van der Waals surface area contributed by atoms with E-state index in [9.17, 15) is 18.0 Å². The van der Waals surface area contributed by atoms with E-state index in [2.05, 4.69) is 0 Å². The molecule has 23 heavy (non-hydrogen) atoms. The molecular weight excluding hydrogens is 327 g/mol. The largest absolute Gasteiger partial charge is 0.416 e. The highest BCUT2D eigenvalue weighted by atomic mass is 35.5. The SMILES string of the molecule is N#C/C(=C\c1ccccc1C(F)(F)F)C(=O)c1ccc(Cl)cc1. The Bertz CT molecular complexity index is 802. The Morgan fingerprint density at radius 1 is 1.09 bits per heavy atom. The first kappa shape index (κ1) is 16.8. The van der Waals surface area contributed by atoms with Gasteiger partial charge in [-0.3, -0.25) is 4.79 Å². The van der Waals surface area contributed by atoms with Crippen molar-refractivity contribution >= 4 is 23.5 Å². The van der Waals surface area contributed by atoms with Gasteiger partial charge in [-0.1, -0.05) is 29.8 Å². The minimum absolute atomic E-state index is 0.173. The summed E-state index contributed by atoms with van der Waals surface area (Å²) in [7, 11) is 0. The Balaban J connectivity index is 2.46. The van der Waals surface area contributed by atoms with E-state index in [1.54, 1.807) is 6.07 Å². The summed E-state index contributed by atoms with van der Waals surface area (Å²) in [5.41, 5.74) is -1.36. The molecule has 2 nitrogen and oxygen atoms in total. The number of rotatable bonds is 3. The molecule has 0 bridgehead atoms. The van der Waals surface area contributed by atoms with Gasteiger partial charge in [0.25, 0.3) is 0 Å². The van der Waals surface area contributed by atoms with Crippen molar-refractivity contribution in [2.75, 3.05) is 0 Å². The minimum Gasteiger partial charge on any atom is -0.288 e. The maximum Gasteiger partial charge on any atom is 0.416 e. The van der Waals surface area contributed by atoms with Gasteiger partial charge in [0.15, 0.2) is 0 Å².